The van der Waals surface area contributed by atoms with Gasteiger partial charge in [0, 0.05) is 11.1 Å². The van der Waals surface area contributed by atoms with Crippen molar-refractivity contribution in [3.63, 3.8) is 0 Å². The fraction of sp³-hybridized carbons (Fsp3) is 0.125. The van der Waals surface area contributed by atoms with Crippen molar-refractivity contribution in [2.24, 2.45) is 0 Å². The Bertz CT molecular complexity index is 1310. The summed E-state index contributed by atoms with van der Waals surface area (Å²) >= 11 is 11.5. The monoisotopic (exact) mass is 480 g/mol. The molecule has 1 amide bonds. The molecular weight excluding hydrogens is 460 g/mol. The molecule has 0 saturated heterocycles. The van der Waals surface area contributed by atoms with Gasteiger partial charge in [0.2, 0.25) is 0 Å². The number of H-pyrrole nitrogens is 1. The zero-order valence-corrected chi connectivity index (χ0v) is 19.5. The van der Waals surface area contributed by atoms with Crippen LogP contribution in [0.25, 0.3) is 22.4 Å². The second-order valence-corrected chi connectivity index (χ2v) is 7.82. The lowest BCUT2D eigenvalue weighted by atomic mass is 10.1. The molecule has 4 rings (SSSR count). The predicted molar refractivity (Wildman–Crippen MR) is 134 cm³/mol. The zero-order valence-electron chi connectivity index (χ0n) is 17.9. The number of para-hydroxylation sites is 2. The van der Waals surface area contributed by atoms with Crippen LogP contribution in [0.4, 0.5) is 5.69 Å². The Hall–Kier alpha value is -3.62. The molecular formula is C24H21ClN4O3S. The molecule has 9 heteroatoms. The second-order valence-electron chi connectivity index (χ2n) is 7.00. The van der Waals surface area contributed by atoms with Crippen molar-refractivity contribution >= 4 is 51.6 Å². The van der Waals surface area contributed by atoms with Crippen LogP contribution in [0, 0.1) is 0 Å². The van der Waals surface area contributed by atoms with Crippen LogP contribution >= 0.6 is 23.8 Å². The minimum atomic E-state index is -0.398. The molecule has 0 fully saturated rings. The first-order chi connectivity index (χ1) is 16.0. The topological polar surface area (TPSA) is 88.3 Å². The molecule has 0 spiro atoms. The van der Waals surface area contributed by atoms with E-state index in [1.165, 1.54) is 6.07 Å². The average molecular weight is 481 g/mol. The summed E-state index contributed by atoms with van der Waals surface area (Å²) in [6.07, 6.45) is 0. The first-order valence-corrected chi connectivity index (χ1v) is 10.9. The van der Waals surface area contributed by atoms with Crippen LogP contribution in [0.5, 0.6) is 11.5 Å². The lowest BCUT2D eigenvalue weighted by molar-refractivity contribution is 0.0977. The molecule has 0 saturated carbocycles. The standard InChI is InChI=1S/C24H21ClN4O3S/c1-3-32-20-10-9-15(12-16(20)25)23(30)29-24(33)28-19-13-14(8-11-21(19)31-2)22-26-17-6-4-5-7-18(17)27-22/h4-13H,3H2,1-2H3,(H,26,27)(H2,28,29,30,33). The van der Waals surface area contributed by atoms with Crippen molar-refractivity contribution in [2.45, 2.75) is 6.92 Å². The van der Waals surface area contributed by atoms with Crippen LogP contribution in [-0.2, 0) is 0 Å². The average Bonchev–Trinajstić information content (AvgIpc) is 3.24. The van der Waals surface area contributed by atoms with Crippen LogP contribution in [0.15, 0.2) is 60.7 Å². The molecule has 7 nitrogen and oxygen atoms in total. The Morgan fingerprint density at radius 1 is 1.12 bits per heavy atom. The maximum Gasteiger partial charge on any atom is 0.257 e. The number of amides is 1. The summed E-state index contributed by atoms with van der Waals surface area (Å²) in [7, 11) is 1.56. The van der Waals surface area contributed by atoms with Gasteiger partial charge in [0.25, 0.3) is 5.91 Å². The van der Waals surface area contributed by atoms with Gasteiger partial charge in [-0.15, -0.1) is 0 Å². The van der Waals surface area contributed by atoms with E-state index in [4.69, 9.17) is 33.3 Å². The summed E-state index contributed by atoms with van der Waals surface area (Å²) in [5.74, 6) is 1.39. The second kappa shape index (κ2) is 9.89. The third-order valence-electron chi connectivity index (χ3n) is 4.83. The number of ether oxygens (including phenoxy) is 2. The number of imidazole rings is 1. The zero-order chi connectivity index (χ0) is 23.4. The predicted octanol–water partition coefficient (Wildman–Crippen LogP) is 5.42. The number of methoxy groups -OCH3 is 1. The maximum atomic E-state index is 12.6. The molecule has 0 aliphatic rings. The van der Waals surface area contributed by atoms with Crippen molar-refractivity contribution in [3.8, 4) is 22.9 Å². The van der Waals surface area contributed by atoms with E-state index in [1.54, 1.807) is 19.2 Å². The third-order valence-corrected chi connectivity index (χ3v) is 5.33. The highest BCUT2D eigenvalue weighted by atomic mass is 35.5. The van der Waals surface area contributed by atoms with Crippen molar-refractivity contribution in [1.29, 1.82) is 0 Å². The van der Waals surface area contributed by atoms with Crippen LogP contribution in [0.2, 0.25) is 5.02 Å². The first kappa shape index (κ1) is 22.6. The molecule has 0 aliphatic carbocycles. The lowest BCUT2D eigenvalue weighted by Gasteiger charge is -2.14. The van der Waals surface area contributed by atoms with E-state index >= 15 is 0 Å². The summed E-state index contributed by atoms with van der Waals surface area (Å²) in [6.45, 7) is 2.34. The maximum absolute atomic E-state index is 12.6. The quantitative estimate of drug-likeness (QED) is 0.319. The SMILES string of the molecule is CCOc1ccc(C(=O)NC(=S)Nc2cc(-c3nc4ccccc4[nH]3)ccc2OC)cc1Cl. The Kier molecular flexibility index (Phi) is 6.76. The molecule has 0 radical (unpaired) electrons. The fourth-order valence-electron chi connectivity index (χ4n) is 3.29. The van der Waals surface area contributed by atoms with Gasteiger partial charge in [-0.2, -0.15) is 0 Å². The number of aromatic nitrogens is 2. The fourth-order valence-corrected chi connectivity index (χ4v) is 3.72. The Morgan fingerprint density at radius 3 is 2.64 bits per heavy atom. The molecule has 0 atom stereocenters. The Morgan fingerprint density at radius 2 is 1.91 bits per heavy atom. The molecule has 0 bridgehead atoms. The van der Waals surface area contributed by atoms with E-state index in [2.05, 4.69) is 20.6 Å². The molecule has 4 aromatic rings. The van der Waals surface area contributed by atoms with E-state index in [-0.39, 0.29) is 5.11 Å². The number of anilines is 1. The third kappa shape index (κ3) is 5.08. The van der Waals surface area contributed by atoms with Crippen molar-refractivity contribution < 1.29 is 14.3 Å². The molecule has 1 aromatic heterocycles. The van der Waals surface area contributed by atoms with Crippen molar-refractivity contribution in [2.75, 3.05) is 19.0 Å². The van der Waals surface area contributed by atoms with E-state index in [9.17, 15) is 4.79 Å². The molecule has 1 heterocycles. The van der Waals surface area contributed by atoms with Crippen LogP contribution < -0.4 is 20.1 Å². The number of nitrogens with zero attached hydrogens (tertiary/aromatic N) is 1. The summed E-state index contributed by atoms with van der Waals surface area (Å²) < 4.78 is 10.8. The van der Waals surface area contributed by atoms with Gasteiger partial charge in [-0.05, 0) is 67.7 Å². The molecule has 3 N–H and O–H groups in total. The highest BCUT2D eigenvalue weighted by Crippen LogP contribution is 2.30. The highest BCUT2D eigenvalue weighted by Gasteiger charge is 2.14. The van der Waals surface area contributed by atoms with E-state index in [1.807, 2.05) is 49.4 Å². The lowest BCUT2D eigenvalue weighted by Crippen LogP contribution is -2.34. The van der Waals surface area contributed by atoms with E-state index in [0.717, 1.165) is 16.6 Å². The van der Waals surface area contributed by atoms with Crippen LogP contribution in [0.1, 0.15) is 17.3 Å². The normalized spacial score (nSPS) is 10.6. The number of hydrogen-bond acceptors (Lipinski definition) is 5. The summed E-state index contributed by atoms with van der Waals surface area (Å²) in [5, 5.41) is 6.15. The smallest absolute Gasteiger partial charge is 0.257 e. The number of halogens is 1. The number of fused-ring (bicyclic) bond motifs is 1. The summed E-state index contributed by atoms with van der Waals surface area (Å²) in [4.78, 5) is 20.5. The van der Waals surface area contributed by atoms with Crippen molar-refractivity contribution in [1.82, 2.24) is 15.3 Å². The number of rotatable bonds is 6. The van der Waals surface area contributed by atoms with Gasteiger partial charge in [0.05, 0.1) is 35.5 Å². The van der Waals surface area contributed by atoms with Gasteiger partial charge in [-0.25, -0.2) is 4.98 Å². The van der Waals surface area contributed by atoms with E-state index in [0.29, 0.717) is 40.2 Å². The molecule has 3 aromatic carbocycles. The molecule has 33 heavy (non-hydrogen) atoms. The van der Waals surface area contributed by atoms with Gasteiger partial charge >= 0.3 is 0 Å². The van der Waals surface area contributed by atoms with Gasteiger partial charge < -0.3 is 19.8 Å². The van der Waals surface area contributed by atoms with Crippen LogP contribution in [0.3, 0.4) is 0 Å². The summed E-state index contributed by atoms with van der Waals surface area (Å²) in [6, 6.07) is 18.1. The number of thiocarbonyl (C=S) groups is 1. The van der Waals surface area contributed by atoms with Crippen molar-refractivity contribution in [3.05, 3.63) is 71.2 Å². The summed E-state index contributed by atoms with van der Waals surface area (Å²) in [5.41, 5.74) is 3.59. The van der Waals surface area contributed by atoms with Gasteiger partial charge in [-0.1, -0.05) is 23.7 Å². The number of nitrogens with one attached hydrogen (secondary N) is 3. The number of aromatic amines is 1. The number of carbonyl (C=O) groups is 1. The van der Waals surface area contributed by atoms with Gasteiger partial charge in [-0.3, -0.25) is 10.1 Å². The van der Waals surface area contributed by atoms with Gasteiger partial charge in [0.15, 0.2) is 5.11 Å². The number of carbonyl (C=O) groups excluding carboxylic acids is 1. The van der Waals surface area contributed by atoms with Crippen LogP contribution in [-0.4, -0.2) is 34.7 Å². The highest BCUT2D eigenvalue weighted by molar-refractivity contribution is 7.80. The largest absolute Gasteiger partial charge is 0.495 e. The first-order valence-electron chi connectivity index (χ1n) is 10.2. The molecule has 0 aliphatic heterocycles. The Balaban J connectivity index is 1.51. The number of benzene rings is 3. The molecule has 168 valence electrons. The minimum Gasteiger partial charge on any atom is -0.495 e. The minimum absolute atomic E-state index is 0.116. The Labute approximate surface area is 201 Å². The molecule has 0 unspecified atom stereocenters. The van der Waals surface area contributed by atoms with E-state index < -0.39 is 5.91 Å². The van der Waals surface area contributed by atoms with Gasteiger partial charge in [0.1, 0.15) is 17.3 Å². The number of hydrogen-bond donors (Lipinski definition) is 3.